The summed E-state index contributed by atoms with van der Waals surface area (Å²) >= 11 is 3.32. The van der Waals surface area contributed by atoms with Crippen LogP contribution in [0.2, 0.25) is 0 Å². The normalized spacial score (nSPS) is 15.0. The van der Waals surface area contributed by atoms with E-state index in [2.05, 4.69) is 31.5 Å². The number of carbonyl (C=O) groups excluding carboxylic acids is 2. The van der Waals surface area contributed by atoms with E-state index < -0.39 is 0 Å². The quantitative estimate of drug-likeness (QED) is 0.650. The molecule has 132 valence electrons. The Morgan fingerprint density at radius 3 is 2.71 bits per heavy atom. The highest BCUT2D eigenvalue weighted by Gasteiger charge is 2.10. The maximum Gasteiger partial charge on any atom is 0.251 e. The Morgan fingerprint density at radius 2 is 1.96 bits per heavy atom. The van der Waals surface area contributed by atoms with Gasteiger partial charge in [-0.2, -0.15) is 0 Å². The molecular formula is C17H24BrN3O3. The number of hydrogen-bond acceptors (Lipinski definition) is 4. The van der Waals surface area contributed by atoms with E-state index in [9.17, 15) is 9.59 Å². The number of halogens is 1. The highest BCUT2D eigenvalue weighted by molar-refractivity contribution is 9.10. The number of hydrogen-bond donors (Lipinski definition) is 2. The molecule has 1 aliphatic heterocycles. The number of unbranched alkanes of at least 4 members (excludes halogenated alkanes) is 1. The van der Waals surface area contributed by atoms with E-state index in [1.807, 2.05) is 6.07 Å². The van der Waals surface area contributed by atoms with Gasteiger partial charge in [0, 0.05) is 29.7 Å². The molecule has 0 aromatic heterocycles. The largest absolute Gasteiger partial charge is 0.379 e. The number of amides is 2. The molecule has 2 rings (SSSR count). The smallest absolute Gasteiger partial charge is 0.251 e. The predicted molar refractivity (Wildman–Crippen MR) is 96.0 cm³/mol. The lowest BCUT2D eigenvalue weighted by Crippen LogP contribution is -2.38. The highest BCUT2D eigenvalue weighted by atomic mass is 79.9. The van der Waals surface area contributed by atoms with Crippen molar-refractivity contribution in [3.05, 3.63) is 34.3 Å². The molecular weight excluding hydrogens is 374 g/mol. The van der Waals surface area contributed by atoms with Crippen LogP contribution >= 0.6 is 15.9 Å². The van der Waals surface area contributed by atoms with E-state index in [4.69, 9.17) is 4.74 Å². The molecule has 2 amide bonds. The zero-order chi connectivity index (χ0) is 17.2. The molecule has 1 aromatic rings. The van der Waals surface area contributed by atoms with Gasteiger partial charge in [-0.1, -0.05) is 22.0 Å². The summed E-state index contributed by atoms with van der Waals surface area (Å²) in [6.07, 6.45) is 1.98. The minimum absolute atomic E-state index is 0.00515. The standard InChI is InChI=1S/C17H24BrN3O3/c18-15-5-3-4-14(12-15)17(23)20-13-16(22)19-6-1-2-7-21-8-10-24-11-9-21/h3-5,12H,1-2,6-11,13H2,(H,19,22)(H,20,23). The van der Waals surface area contributed by atoms with Gasteiger partial charge in [-0.3, -0.25) is 14.5 Å². The van der Waals surface area contributed by atoms with Crippen molar-refractivity contribution in [2.75, 3.05) is 45.9 Å². The predicted octanol–water partition coefficient (Wildman–Crippen LogP) is 1.41. The lowest BCUT2D eigenvalue weighted by atomic mass is 10.2. The van der Waals surface area contributed by atoms with Crippen molar-refractivity contribution >= 4 is 27.7 Å². The second-order valence-corrected chi connectivity index (χ2v) is 6.62. The van der Waals surface area contributed by atoms with E-state index >= 15 is 0 Å². The van der Waals surface area contributed by atoms with Gasteiger partial charge in [-0.25, -0.2) is 0 Å². The van der Waals surface area contributed by atoms with Crippen LogP contribution in [0.25, 0.3) is 0 Å². The lowest BCUT2D eigenvalue weighted by Gasteiger charge is -2.26. The van der Waals surface area contributed by atoms with Crippen LogP contribution in [0.4, 0.5) is 0 Å². The van der Waals surface area contributed by atoms with Gasteiger partial charge in [-0.05, 0) is 37.6 Å². The first-order valence-corrected chi connectivity index (χ1v) is 9.05. The summed E-state index contributed by atoms with van der Waals surface area (Å²) in [5.74, 6) is -0.413. The molecule has 7 heteroatoms. The van der Waals surface area contributed by atoms with Gasteiger partial charge in [0.2, 0.25) is 5.91 Å². The van der Waals surface area contributed by atoms with Crippen LogP contribution in [0.3, 0.4) is 0 Å². The Labute approximate surface area is 151 Å². The fraction of sp³-hybridized carbons (Fsp3) is 0.529. The molecule has 0 radical (unpaired) electrons. The van der Waals surface area contributed by atoms with E-state index in [1.54, 1.807) is 18.2 Å². The number of nitrogens with one attached hydrogen (secondary N) is 2. The third-order valence-electron chi connectivity index (χ3n) is 3.82. The Hall–Kier alpha value is -1.44. The van der Waals surface area contributed by atoms with Gasteiger partial charge < -0.3 is 15.4 Å². The zero-order valence-electron chi connectivity index (χ0n) is 13.7. The van der Waals surface area contributed by atoms with Crippen LogP contribution in [0.1, 0.15) is 23.2 Å². The molecule has 1 aromatic carbocycles. The number of morpholine rings is 1. The molecule has 0 atom stereocenters. The molecule has 2 N–H and O–H groups in total. The minimum Gasteiger partial charge on any atom is -0.379 e. The van der Waals surface area contributed by atoms with Gasteiger partial charge in [0.05, 0.1) is 19.8 Å². The molecule has 0 aliphatic carbocycles. The lowest BCUT2D eigenvalue weighted by molar-refractivity contribution is -0.120. The first-order chi connectivity index (χ1) is 11.6. The minimum atomic E-state index is -0.251. The maximum absolute atomic E-state index is 11.9. The summed E-state index contributed by atoms with van der Waals surface area (Å²) in [7, 11) is 0. The molecule has 0 unspecified atom stereocenters. The van der Waals surface area contributed by atoms with Gasteiger partial charge in [-0.15, -0.1) is 0 Å². The zero-order valence-corrected chi connectivity index (χ0v) is 15.3. The van der Waals surface area contributed by atoms with Crippen LogP contribution in [-0.2, 0) is 9.53 Å². The van der Waals surface area contributed by atoms with Crippen LogP contribution in [0.5, 0.6) is 0 Å². The molecule has 0 spiro atoms. The molecule has 1 fully saturated rings. The van der Waals surface area contributed by atoms with Gasteiger partial charge in [0.25, 0.3) is 5.91 Å². The maximum atomic E-state index is 11.9. The molecule has 6 nitrogen and oxygen atoms in total. The van der Waals surface area contributed by atoms with Crippen molar-refractivity contribution in [1.29, 1.82) is 0 Å². The third kappa shape index (κ3) is 6.98. The summed E-state index contributed by atoms with van der Waals surface area (Å²) in [6, 6.07) is 7.07. The second kappa shape index (κ2) is 10.4. The summed E-state index contributed by atoms with van der Waals surface area (Å²) < 4.78 is 6.14. The van der Waals surface area contributed by atoms with E-state index in [-0.39, 0.29) is 18.4 Å². The van der Waals surface area contributed by atoms with Crippen molar-refractivity contribution in [1.82, 2.24) is 15.5 Å². The molecule has 0 bridgehead atoms. The average Bonchev–Trinajstić information content (AvgIpc) is 2.60. The summed E-state index contributed by atoms with van der Waals surface area (Å²) in [5.41, 5.74) is 0.530. The Bertz CT molecular complexity index is 548. The molecule has 1 saturated heterocycles. The van der Waals surface area contributed by atoms with Crippen molar-refractivity contribution < 1.29 is 14.3 Å². The van der Waals surface area contributed by atoms with Crippen molar-refractivity contribution in [3.8, 4) is 0 Å². The number of benzene rings is 1. The van der Waals surface area contributed by atoms with Crippen LogP contribution in [0.15, 0.2) is 28.7 Å². The van der Waals surface area contributed by atoms with Gasteiger partial charge >= 0.3 is 0 Å². The molecule has 1 aliphatic rings. The molecule has 24 heavy (non-hydrogen) atoms. The van der Waals surface area contributed by atoms with Crippen LogP contribution in [-0.4, -0.2) is 62.7 Å². The molecule has 0 saturated carbocycles. The number of nitrogens with zero attached hydrogens (tertiary/aromatic N) is 1. The number of rotatable bonds is 8. The van der Waals surface area contributed by atoms with Crippen LogP contribution in [0, 0.1) is 0 Å². The van der Waals surface area contributed by atoms with Crippen molar-refractivity contribution in [3.63, 3.8) is 0 Å². The molecule has 1 heterocycles. The average molecular weight is 398 g/mol. The fourth-order valence-electron chi connectivity index (χ4n) is 2.47. The third-order valence-corrected chi connectivity index (χ3v) is 4.32. The second-order valence-electron chi connectivity index (χ2n) is 5.70. The number of carbonyl (C=O) groups is 2. The Kier molecular flexibility index (Phi) is 8.21. The highest BCUT2D eigenvalue weighted by Crippen LogP contribution is 2.11. The van der Waals surface area contributed by atoms with Crippen molar-refractivity contribution in [2.45, 2.75) is 12.8 Å². The Balaban J connectivity index is 1.54. The fourth-order valence-corrected chi connectivity index (χ4v) is 2.87. The SMILES string of the molecule is O=C(CNC(=O)c1cccc(Br)c1)NCCCCN1CCOCC1. The summed E-state index contributed by atoms with van der Waals surface area (Å²) in [6.45, 7) is 5.29. The first kappa shape index (κ1) is 18.9. The first-order valence-electron chi connectivity index (χ1n) is 8.26. The monoisotopic (exact) mass is 397 g/mol. The van der Waals surface area contributed by atoms with Crippen molar-refractivity contribution in [2.24, 2.45) is 0 Å². The van der Waals surface area contributed by atoms with Crippen LogP contribution < -0.4 is 10.6 Å². The number of ether oxygens (including phenoxy) is 1. The van der Waals surface area contributed by atoms with E-state index in [1.165, 1.54) is 0 Å². The van der Waals surface area contributed by atoms with E-state index in [0.29, 0.717) is 12.1 Å². The van der Waals surface area contributed by atoms with Gasteiger partial charge in [0.15, 0.2) is 0 Å². The van der Waals surface area contributed by atoms with Gasteiger partial charge in [0.1, 0.15) is 0 Å². The Morgan fingerprint density at radius 1 is 1.17 bits per heavy atom. The summed E-state index contributed by atoms with van der Waals surface area (Å²) in [4.78, 5) is 26.1. The topological polar surface area (TPSA) is 70.7 Å². The van der Waals surface area contributed by atoms with E-state index in [0.717, 1.165) is 50.2 Å². The summed E-state index contributed by atoms with van der Waals surface area (Å²) in [5, 5.41) is 5.46.